The lowest BCUT2D eigenvalue weighted by atomic mass is 10.0. The highest BCUT2D eigenvalue weighted by atomic mass is 19.1. The van der Waals surface area contributed by atoms with Gasteiger partial charge in [-0.15, -0.1) is 0 Å². The Morgan fingerprint density at radius 2 is 1.89 bits per heavy atom. The van der Waals surface area contributed by atoms with Gasteiger partial charge in [-0.3, -0.25) is 9.78 Å². The maximum Gasteiger partial charge on any atom is 0.254 e. The maximum atomic E-state index is 13.7. The third kappa shape index (κ3) is 4.32. The number of hydrogen-bond donors (Lipinski definition) is 1. The number of rotatable bonds is 2. The van der Waals surface area contributed by atoms with Crippen molar-refractivity contribution in [1.29, 1.82) is 0 Å². The third-order valence-electron chi connectivity index (χ3n) is 4.38. The van der Waals surface area contributed by atoms with Crippen molar-refractivity contribution >= 4 is 16.8 Å². The molecule has 0 bridgehead atoms. The SMILES string of the molecule is Cc1ccc(C#CC(C)(C)NC(=O)c2cnc3c(F)cccc3c2)cc1C. The summed E-state index contributed by atoms with van der Waals surface area (Å²) >= 11 is 0. The minimum absolute atomic E-state index is 0.253. The van der Waals surface area contributed by atoms with Crippen molar-refractivity contribution in [1.82, 2.24) is 10.3 Å². The fraction of sp³-hybridized carbons (Fsp3) is 0.217. The van der Waals surface area contributed by atoms with Gasteiger partial charge in [0, 0.05) is 17.1 Å². The number of carbonyl (C=O) groups is 1. The van der Waals surface area contributed by atoms with Gasteiger partial charge in [0.1, 0.15) is 11.3 Å². The molecule has 3 nitrogen and oxygen atoms in total. The second-order valence-electron chi connectivity index (χ2n) is 7.16. The van der Waals surface area contributed by atoms with E-state index in [1.54, 1.807) is 18.2 Å². The zero-order valence-electron chi connectivity index (χ0n) is 15.9. The molecule has 0 aliphatic rings. The van der Waals surface area contributed by atoms with Crippen LogP contribution in [0.1, 0.15) is 40.9 Å². The van der Waals surface area contributed by atoms with E-state index >= 15 is 0 Å². The molecular formula is C23H21FN2O. The van der Waals surface area contributed by atoms with E-state index < -0.39 is 11.4 Å². The molecule has 0 unspecified atom stereocenters. The van der Waals surface area contributed by atoms with Gasteiger partial charge in [0.05, 0.1) is 11.1 Å². The van der Waals surface area contributed by atoms with E-state index in [4.69, 9.17) is 0 Å². The second kappa shape index (κ2) is 7.20. The summed E-state index contributed by atoms with van der Waals surface area (Å²) in [4.78, 5) is 16.7. The molecule has 1 N–H and O–H groups in total. The number of hydrogen-bond acceptors (Lipinski definition) is 2. The molecule has 0 radical (unpaired) electrons. The molecule has 3 aromatic rings. The van der Waals surface area contributed by atoms with Crippen molar-refractivity contribution in [2.75, 3.05) is 0 Å². The van der Waals surface area contributed by atoms with Gasteiger partial charge in [-0.25, -0.2) is 4.39 Å². The van der Waals surface area contributed by atoms with Gasteiger partial charge in [-0.1, -0.05) is 30.0 Å². The van der Waals surface area contributed by atoms with Gasteiger partial charge in [-0.05, 0) is 63.1 Å². The lowest BCUT2D eigenvalue weighted by Crippen LogP contribution is -2.42. The van der Waals surface area contributed by atoms with Crippen molar-refractivity contribution in [2.45, 2.75) is 33.2 Å². The number of pyridine rings is 1. The second-order valence-corrected chi connectivity index (χ2v) is 7.16. The third-order valence-corrected chi connectivity index (χ3v) is 4.38. The van der Waals surface area contributed by atoms with Gasteiger partial charge in [-0.2, -0.15) is 0 Å². The van der Waals surface area contributed by atoms with Gasteiger partial charge < -0.3 is 5.32 Å². The first kappa shape index (κ1) is 18.6. The molecule has 2 aromatic carbocycles. The number of halogens is 1. The lowest BCUT2D eigenvalue weighted by Gasteiger charge is -2.20. The average molecular weight is 360 g/mol. The quantitative estimate of drug-likeness (QED) is 0.681. The highest BCUT2D eigenvalue weighted by Crippen LogP contribution is 2.17. The first-order valence-electron chi connectivity index (χ1n) is 8.72. The average Bonchev–Trinajstić information content (AvgIpc) is 2.62. The van der Waals surface area contributed by atoms with Gasteiger partial charge >= 0.3 is 0 Å². The van der Waals surface area contributed by atoms with Crippen molar-refractivity contribution in [2.24, 2.45) is 0 Å². The molecule has 3 rings (SSSR count). The molecular weight excluding hydrogens is 339 g/mol. The largest absolute Gasteiger partial charge is 0.336 e. The van der Waals surface area contributed by atoms with Crippen LogP contribution >= 0.6 is 0 Å². The number of carbonyl (C=O) groups excluding carboxylic acids is 1. The van der Waals surface area contributed by atoms with Crippen LogP contribution in [-0.2, 0) is 0 Å². The zero-order valence-corrected chi connectivity index (χ0v) is 15.9. The van der Waals surface area contributed by atoms with Gasteiger partial charge in [0.2, 0.25) is 0 Å². The molecule has 27 heavy (non-hydrogen) atoms. The summed E-state index contributed by atoms with van der Waals surface area (Å²) in [5.74, 6) is 5.52. The fourth-order valence-corrected chi connectivity index (χ4v) is 2.68. The molecule has 4 heteroatoms. The van der Waals surface area contributed by atoms with Crippen LogP contribution in [-0.4, -0.2) is 16.4 Å². The van der Waals surface area contributed by atoms with Crippen molar-refractivity contribution in [3.05, 3.63) is 76.7 Å². The highest BCUT2D eigenvalue weighted by molar-refractivity contribution is 5.97. The lowest BCUT2D eigenvalue weighted by molar-refractivity contribution is 0.0929. The number of fused-ring (bicyclic) bond motifs is 1. The molecule has 0 saturated carbocycles. The van der Waals surface area contributed by atoms with Gasteiger partial charge in [0.25, 0.3) is 5.91 Å². The van der Waals surface area contributed by atoms with Crippen molar-refractivity contribution in [3.8, 4) is 11.8 Å². The number of nitrogens with one attached hydrogen (secondary N) is 1. The summed E-state index contributed by atoms with van der Waals surface area (Å²) < 4.78 is 13.7. The van der Waals surface area contributed by atoms with Crippen LogP contribution in [0.25, 0.3) is 10.9 Å². The van der Waals surface area contributed by atoms with E-state index in [0.29, 0.717) is 10.9 Å². The molecule has 0 aliphatic carbocycles. The van der Waals surface area contributed by atoms with Crippen LogP contribution in [0, 0.1) is 31.5 Å². The summed E-state index contributed by atoms with van der Waals surface area (Å²) in [5, 5.41) is 3.49. The number of amides is 1. The molecule has 1 heterocycles. The highest BCUT2D eigenvalue weighted by Gasteiger charge is 2.19. The van der Waals surface area contributed by atoms with E-state index in [0.717, 1.165) is 5.56 Å². The smallest absolute Gasteiger partial charge is 0.254 e. The number of nitrogens with zero attached hydrogens (tertiary/aromatic N) is 1. The van der Waals surface area contributed by atoms with E-state index in [9.17, 15) is 9.18 Å². The Balaban J connectivity index is 1.80. The minimum atomic E-state index is -0.729. The molecule has 0 saturated heterocycles. The van der Waals surface area contributed by atoms with Crippen LogP contribution in [0.4, 0.5) is 4.39 Å². The van der Waals surface area contributed by atoms with Crippen LogP contribution in [0.15, 0.2) is 48.7 Å². The molecule has 1 aromatic heterocycles. The number of aromatic nitrogens is 1. The topological polar surface area (TPSA) is 42.0 Å². The Morgan fingerprint density at radius 1 is 1.11 bits per heavy atom. The van der Waals surface area contributed by atoms with E-state index in [2.05, 4.69) is 29.1 Å². The van der Waals surface area contributed by atoms with Crippen molar-refractivity contribution in [3.63, 3.8) is 0 Å². The summed E-state index contributed by atoms with van der Waals surface area (Å²) in [5.41, 5.74) is 3.19. The fourth-order valence-electron chi connectivity index (χ4n) is 2.68. The molecule has 0 fully saturated rings. The predicted octanol–water partition coefficient (Wildman–Crippen LogP) is 4.55. The predicted molar refractivity (Wildman–Crippen MR) is 106 cm³/mol. The Labute approximate surface area is 158 Å². The summed E-state index contributed by atoms with van der Waals surface area (Å²) in [7, 11) is 0. The van der Waals surface area contributed by atoms with E-state index in [1.807, 2.05) is 39.0 Å². The van der Waals surface area contributed by atoms with Crippen molar-refractivity contribution < 1.29 is 9.18 Å². The summed E-state index contributed by atoms with van der Waals surface area (Å²) in [6.45, 7) is 7.78. The molecule has 136 valence electrons. The number of aryl methyl sites for hydroxylation is 2. The molecule has 1 amide bonds. The molecule has 0 atom stereocenters. The van der Waals surface area contributed by atoms with E-state index in [1.165, 1.54) is 23.4 Å². The summed E-state index contributed by atoms with van der Waals surface area (Å²) in [6, 6.07) is 12.3. The van der Waals surface area contributed by atoms with Crippen LogP contribution in [0.5, 0.6) is 0 Å². The standard InChI is InChI=1S/C23H21FN2O/c1-15-8-9-17(12-16(15)2)10-11-23(3,4)26-22(27)19-13-18-6-5-7-20(24)21(18)25-14-19/h5-9,12-14H,1-4H3,(H,26,27). The summed E-state index contributed by atoms with van der Waals surface area (Å²) in [6.07, 6.45) is 1.38. The first-order chi connectivity index (χ1) is 12.7. The monoisotopic (exact) mass is 360 g/mol. The molecule has 0 aliphatic heterocycles. The Morgan fingerprint density at radius 3 is 2.63 bits per heavy atom. The van der Waals surface area contributed by atoms with Crippen LogP contribution < -0.4 is 5.32 Å². The number of para-hydroxylation sites is 1. The molecule has 0 spiro atoms. The number of benzene rings is 2. The van der Waals surface area contributed by atoms with Crippen LogP contribution in [0.3, 0.4) is 0 Å². The van der Waals surface area contributed by atoms with Gasteiger partial charge in [0.15, 0.2) is 0 Å². The van der Waals surface area contributed by atoms with Crippen LogP contribution in [0.2, 0.25) is 0 Å². The Kier molecular flexibility index (Phi) is 4.96. The minimum Gasteiger partial charge on any atom is -0.336 e. The Hall–Kier alpha value is -3.19. The zero-order chi connectivity index (χ0) is 19.6. The Bertz CT molecular complexity index is 1090. The van der Waals surface area contributed by atoms with E-state index in [-0.39, 0.29) is 11.4 Å². The normalized spacial score (nSPS) is 11.0. The first-order valence-corrected chi connectivity index (χ1v) is 8.72. The maximum absolute atomic E-state index is 13.7.